The van der Waals surface area contributed by atoms with Crippen molar-refractivity contribution in [1.82, 2.24) is 10.4 Å². The van der Waals surface area contributed by atoms with E-state index in [0.29, 0.717) is 19.3 Å². The molecule has 1 N–H and O–H groups in total. The molecule has 0 aromatic heterocycles. The number of hydrogen-bond donors (Lipinski definition) is 1. The molecule has 1 fully saturated rings. The van der Waals surface area contributed by atoms with E-state index in [1.807, 2.05) is 0 Å². The molecule has 1 aliphatic rings. The third-order valence-electron chi connectivity index (χ3n) is 2.70. The number of hydroxylamine groups is 1. The molecule has 0 spiro atoms. The fraction of sp³-hybridized carbons (Fsp3) is 1.00. The smallest absolute Gasteiger partial charge is 0.0915 e. The number of morpholine rings is 1. The summed E-state index contributed by atoms with van der Waals surface area (Å²) in [6, 6.07) is 0.584. The van der Waals surface area contributed by atoms with Gasteiger partial charge in [-0.2, -0.15) is 5.48 Å². The Morgan fingerprint density at radius 2 is 2.25 bits per heavy atom. The van der Waals surface area contributed by atoms with Gasteiger partial charge in [0.2, 0.25) is 0 Å². The van der Waals surface area contributed by atoms with E-state index in [1.165, 1.54) is 0 Å². The van der Waals surface area contributed by atoms with Gasteiger partial charge < -0.3 is 9.47 Å². The maximum absolute atomic E-state index is 5.65. The molecule has 1 rings (SSSR count). The molecule has 1 unspecified atom stereocenters. The van der Waals surface area contributed by atoms with Crippen LogP contribution >= 0.6 is 0 Å². The van der Waals surface area contributed by atoms with Crippen LogP contribution in [-0.4, -0.2) is 63.6 Å². The summed E-state index contributed by atoms with van der Waals surface area (Å²) in [5.74, 6) is 0. The minimum absolute atomic E-state index is 0.221. The second-order valence-electron chi connectivity index (χ2n) is 4.27. The van der Waals surface area contributed by atoms with Crippen molar-refractivity contribution >= 4 is 0 Å². The Labute approximate surface area is 98.0 Å². The third-order valence-corrected chi connectivity index (χ3v) is 2.70. The van der Waals surface area contributed by atoms with Crippen molar-refractivity contribution < 1.29 is 14.3 Å². The van der Waals surface area contributed by atoms with Crippen LogP contribution in [0.3, 0.4) is 0 Å². The van der Waals surface area contributed by atoms with Gasteiger partial charge in [-0.25, -0.2) is 0 Å². The van der Waals surface area contributed by atoms with E-state index in [1.54, 1.807) is 7.11 Å². The topological polar surface area (TPSA) is 43.0 Å². The zero-order valence-electron chi connectivity index (χ0n) is 10.6. The van der Waals surface area contributed by atoms with Crippen molar-refractivity contribution in [2.24, 2.45) is 0 Å². The molecule has 96 valence electrons. The highest BCUT2D eigenvalue weighted by molar-refractivity contribution is 4.74. The molecule has 0 aliphatic carbocycles. The van der Waals surface area contributed by atoms with Crippen molar-refractivity contribution in [2.75, 3.05) is 46.6 Å². The van der Waals surface area contributed by atoms with Crippen LogP contribution in [0.4, 0.5) is 0 Å². The Kier molecular flexibility index (Phi) is 6.91. The first kappa shape index (κ1) is 13.9. The lowest BCUT2D eigenvalue weighted by Gasteiger charge is -2.35. The standard InChI is InChI=1S/C11H24N2O3/c1-10(2)13-4-5-15-11(9-13)8-12-16-7-6-14-3/h10-12H,4-9H2,1-3H3. The summed E-state index contributed by atoms with van der Waals surface area (Å²) in [6.07, 6.45) is 0.221. The summed E-state index contributed by atoms with van der Waals surface area (Å²) in [4.78, 5) is 7.62. The van der Waals surface area contributed by atoms with Gasteiger partial charge in [-0.1, -0.05) is 0 Å². The molecule has 1 aliphatic heterocycles. The maximum atomic E-state index is 5.65. The lowest BCUT2D eigenvalue weighted by atomic mass is 10.2. The molecule has 1 saturated heterocycles. The molecule has 16 heavy (non-hydrogen) atoms. The summed E-state index contributed by atoms with van der Waals surface area (Å²) in [6.45, 7) is 9.14. The normalized spacial score (nSPS) is 22.9. The summed E-state index contributed by atoms with van der Waals surface area (Å²) < 4.78 is 10.5. The van der Waals surface area contributed by atoms with E-state index < -0.39 is 0 Å². The van der Waals surface area contributed by atoms with Crippen LogP contribution in [-0.2, 0) is 14.3 Å². The summed E-state index contributed by atoms with van der Waals surface area (Å²) in [5.41, 5.74) is 2.92. The van der Waals surface area contributed by atoms with Crippen molar-refractivity contribution in [3.63, 3.8) is 0 Å². The Hall–Kier alpha value is -0.200. The monoisotopic (exact) mass is 232 g/mol. The molecule has 0 radical (unpaired) electrons. The maximum Gasteiger partial charge on any atom is 0.0915 e. The number of methoxy groups -OCH3 is 1. The lowest BCUT2D eigenvalue weighted by Crippen LogP contribution is -2.49. The van der Waals surface area contributed by atoms with Crippen molar-refractivity contribution in [3.05, 3.63) is 0 Å². The first-order valence-electron chi connectivity index (χ1n) is 5.93. The van der Waals surface area contributed by atoms with Crippen LogP contribution in [0.15, 0.2) is 0 Å². The van der Waals surface area contributed by atoms with E-state index in [0.717, 1.165) is 26.2 Å². The van der Waals surface area contributed by atoms with Crippen LogP contribution in [0.5, 0.6) is 0 Å². The van der Waals surface area contributed by atoms with Gasteiger partial charge in [0.25, 0.3) is 0 Å². The fourth-order valence-electron chi connectivity index (χ4n) is 1.68. The van der Waals surface area contributed by atoms with Gasteiger partial charge in [0.05, 0.1) is 25.9 Å². The van der Waals surface area contributed by atoms with Crippen LogP contribution in [0.1, 0.15) is 13.8 Å². The van der Waals surface area contributed by atoms with E-state index in [-0.39, 0.29) is 6.10 Å². The highest BCUT2D eigenvalue weighted by Gasteiger charge is 2.21. The average molecular weight is 232 g/mol. The van der Waals surface area contributed by atoms with Crippen molar-refractivity contribution in [1.29, 1.82) is 0 Å². The number of hydrogen-bond acceptors (Lipinski definition) is 5. The number of rotatable bonds is 7. The SMILES string of the molecule is COCCONCC1CN(C(C)C)CCO1. The van der Waals surface area contributed by atoms with Crippen LogP contribution in [0.25, 0.3) is 0 Å². The number of nitrogens with one attached hydrogen (secondary N) is 1. The molecular formula is C11H24N2O3. The fourth-order valence-corrected chi connectivity index (χ4v) is 1.68. The largest absolute Gasteiger partial charge is 0.382 e. The van der Waals surface area contributed by atoms with Crippen LogP contribution < -0.4 is 5.48 Å². The summed E-state index contributed by atoms with van der Waals surface area (Å²) in [5, 5.41) is 0. The van der Waals surface area contributed by atoms with Gasteiger partial charge in [0.15, 0.2) is 0 Å². The van der Waals surface area contributed by atoms with E-state index in [4.69, 9.17) is 14.3 Å². The van der Waals surface area contributed by atoms with Gasteiger partial charge in [-0.3, -0.25) is 9.74 Å². The van der Waals surface area contributed by atoms with Crippen LogP contribution in [0.2, 0.25) is 0 Å². The molecule has 1 heterocycles. The minimum Gasteiger partial charge on any atom is -0.382 e. The van der Waals surface area contributed by atoms with Crippen LogP contribution in [0, 0.1) is 0 Å². The molecule has 0 aromatic rings. The molecule has 0 amide bonds. The second kappa shape index (κ2) is 7.97. The zero-order valence-corrected chi connectivity index (χ0v) is 10.6. The first-order chi connectivity index (χ1) is 7.74. The average Bonchev–Trinajstić information content (AvgIpc) is 2.29. The Balaban J connectivity index is 2.07. The predicted octanol–water partition coefficient (Wildman–Crippen LogP) is 0.263. The molecule has 0 aromatic carbocycles. The third kappa shape index (κ3) is 5.23. The second-order valence-corrected chi connectivity index (χ2v) is 4.27. The minimum atomic E-state index is 0.221. The molecular weight excluding hydrogens is 208 g/mol. The highest BCUT2D eigenvalue weighted by Crippen LogP contribution is 2.07. The summed E-state index contributed by atoms with van der Waals surface area (Å²) >= 11 is 0. The van der Waals surface area contributed by atoms with E-state index in [9.17, 15) is 0 Å². The van der Waals surface area contributed by atoms with E-state index in [2.05, 4.69) is 24.2 Å². The van der Waals surface area contributed by atoms with Gasteiger partial charge in [-0.05, 0) is 13.8 Å². The van der Waals surface area contributed by atoms with Gasteiger partial charge >= 0.3 is 0 Å². The summed E-state index contributed by atoms with van der Waals surface area (Å²) in [7, 11) is 1.66. The van der Waals surface area contributed by atoms with E-state index >= 15 is 0 Å². The van der Waals surface area contributed by atoms with Crippen molar-refractivity contribution in [2.45, 2.75) is 26.0 Å². The molecule has 5 nitrogen and oxygen atoms in total. The highest BCUT2D eigenvalue weighted by atomic mass is 16.7. The Morgan fingerprint density at radius 1 is 1.44 bits per heavy atom. The lowest BCUT2D eigenvalue weighted by molar-refractivity contribution is -0.0678. The van der Waals surface area contributed by atoms with Gasteiger partial charge in [0, 0.05) is 32.8 Å². The van der Waals surface area contributed by atoms with Crippen molar-refractivity contribution in [3.8, 4) is 0 Å². The van der Waals surface area contributed by atoms with Gasteiger partial charge in [-0.15, -0.1) is 0 Å². The predicted molar refractivity (Wildman–Crippen MR) is 62.3 cm³/mol. The molecule has 5 heteroatoms. The zero-order chi connectivity index (χ0) is 11.8. The van der Waals surface area contributed by atoms with Gasteiger partial charge in [0.1, 0.15) is 0 Å². The number of nitrogens with zero attached hydrogens (tertiary/aromatic N) is 1. The molecule has 1 atom stereocenters. The Bertz CT molecular complexity index is 179. The molecule has 0 saturated carbocycles. The first-order valence-corrected chi connectivity index (χ1v) is 5.93. The molecule has 0 bridgehead atoms. The Morgan fingerprint density at radius 3 is 2.94 bits per heavy atom. The number of ether oxygens (including phenoxy) is 2. The quantitative estimate of drug-likeness (QED) is 0.504.